The minimum absolute atomic E-state index is 0.0781. The highest BCUT2D eigenvalue weighted by atomic mass is 16.5. The molecule has 1 atom stereocenters. The fourth-order valence-corrected chi connectivity index (χ4v) is 1.96. The Bertz CT molecular complexity index is 178. The average molecular weight is 153 g/mol. The summed E-state index contributed by atoms with van der Waals surface area (Å²) in [4.78, 5) is 2.34. The van der Waals surface area contributed by atoms with Crippen LogP contribution in [-0.4, -0.2) is 30.8 Å². The summed E-state index contributed by atoms with van der Waals surface area (Å²) in [6.45, 7) is 2.00. The lowest BCUT2D eigenvalue weighted by atomic mass is 9.97. The number of ether oxygens (including phenoxy) is 1. The second-order valence-electron chi connectivity index (χ2n) is 3.43. The predicted molar refractivity (Wildman–Crippen MR) is 44.3 cm³/mol. The molecule has 1 spiro atoms. The van der Waals surface area contributed by atoms with Crippen LogP contribution < -0.4 is 0 Å². The molecule has 2 heteroatoms. The molecule has 1 unspecified atom stereocenters. The lowest BCUT2D eigenvalue weighted by molar-refractivity contribution is -0.0777. The van der Waals surface area contributed by atoms with Crippen LogP contribution >= 0.6 is 0 Å². The topological polar surface area (TPSA) is 12.5 Å². The molecule has 2 nitrogen and oxygen atoms in total. The van der Waals surface area contributed by atoms with Crippen LogP contribution in [0.2, 0.25) is 0 Å². The van der Waals surface area contributed by atoms with Crippen molar-refractivity contribution in [3.63, 3.8) is 0 Å². The van der Waals surface area contributed by atoms with Crippen molar-refractivity contribution in [2.45, 2.75) is 25.0 Å². The second kappa shape index (κ2) is 2.61. The Morgan fingerprint density at radius 3 is 2.91 bits per heavy atom. The highest BCUT2D eigenvalue weighted by Crippen LogP contribution is 2.33. The van der Waals surface area contributed by atoms with Crippen molar-refractivity contribution in [1.29, 1.82) is 0 Å². The van der Waals surface area contributed by atoms with E-state index in [4.69, 9.17) is 4.74 Å². The highest BCUT2D eigenvalue weighted by Gasteiger charge is 2.39. The fraction of sp³-hybridized carbons (Fsp3) is 0.778. The molecule has 0 aromatic heterocycles. The zero-order chi connectivity index (χ0) is 7.73. The third-order valence-corrected chi connectivity index (χ3v) is 2.80. The third kappa shape index (κ3) is 1.10. The van der Waals surface area contributed by atoms with Gasteiger partial charge < -0.3 is 4.74 Å². The van der Waals surface area contributed by atoms with Gasteiger partial charge >= 0.3 is 0 Å². The van der Waals surface area contributed by atoms with Crippen molar-refractivity contribution in [2.24, 2.45) is 0 Å². The Balaban J connectivity index is 2.14. The zero-order valence-electron chi connectivity index (χ0n) is 7.05. The van der Waals surface area contributed by atoms with E-state index in [2.05, 4.69) is 24.1 Å². The Morgan fingerprint density at radius 1 is 1.45 bits per heavy atom. The first-order valence-corrected chi connectivity index (χ1v) is 4.34. The maximum absolute atomic E-state index is 5.77. The van der Waals surface area contributed by atoms with Crippen molar-refractivity contribution in [2.75, 3.05) is 20.2 Å². The first-order chi connectivity index (χ1) is 5.33. The van der Waals surface area contributed by atoms with E-state index < -0.39 is 0 Å². The maximum atomic E-state index is 5.77. The molecule has 0 saturated carbocycles. The number of rotatable bonds is 0. The normalized spacial score (nSPS) is 38.6. The van der Waals surface area contributed by atoms with Gasteiger partial charge in [0.1, 0.15) is 5.72 Å². The van der Waals surface area contributed by atoms with Crippen molar-refractivity contribution in [3.8, 4) is 0 Å². The maximum Gasteiger partial charge on any atom is 0.125 e. The van der Waals surface area contributed by atoms with Crippen LogP contribution in [0.25, 0.3) is 0 Å². The van der Waals surface area contributed by atoms with Gasteiger partial charge in [0.15, 0.2) is 0 Å². The van der Waals surface area contributed by atoms with E-state index in [1.54, 1.807) is 0 Å². The Morgan fingerprint density at radius 2 is 2.36 bits per heavy atom. The molecule has 1 aliphatic carbocycles. The van der Waals surface area contributed by atoms with Crippen LogP contribution in [0.3, 0.4) is 0 Å². The Labute approximate surface area is 67.8 Å². The van der Waals surface area contributed by atoms with Gasteiger partial charge in [-0.05, 0) is 19.9 Å². The first kappa shape index (κ1) is 7.32. The summed E-state index contributed by atoms with van der Waals surface area (Å²) in [6.07, 6.45) is 7.90. The van der Waals surface area contributed by atoms with Gasteiger partial charge in [0.25, 0.3) is 0 Å². The number of nitrogens with zero attached hydrogens (tertiary/aromatic N) is 1. The second-order valence-corrected chi connectivity index (χ2v) is 3.43. The average Bonchev–Trinajstić information content (AvgIpc) is 2.36. The van der Waals surface area contributed by atoms with Crippen LogP contribution in [0, 0.1) is 0 Å². The third-order valence-electron chi connectivity index (χ3n) is 2.80. The van der Waals surface area contributed by atoms with Crippen molar-refractivity contribution < 1.29 is 4.74 Å². The van der Waals surface area contributed by atoms with E-state index in [1.165, 1.54) is 12.8 Å². The molecule has 0 aromatic rings. The molecule has 0 aromatic carbocycles. The number of likely N-dealkylation sites (N-methyl/N-ethyl adjacent to an activating group) is 1. The molecule has 2 aliphatic rings. The summed E-state index contributed by atoms with van der Waals surface area (Å²) in [6, 6.07) is 0. The lowest BCUT2D eigenvalue weighted by Crippen LogP contribution is -2.42. The van der Waals surface area contributed by atoms with Gasteiger partial charge in [0, 0.05) is 13.0 Å². The molecule has 11 heavy (non-hydrogen) atoms. The molecule has 0 N–H and O–H groups in total. The quantitative estimate of drug-likeness (QED) is 0.487. The van der Waals surface area contributed by atoms with E-state index >= 15 is 0 Å². The Kier molecular flexibility index (Phi) is 1.74. The molecule has 1 heterocycles. The van der Waals surface area contributed by atoms with Gasteiger partial charge in [-0.2, -0.15) is 0 Å². The van der Waals surface area contributed by atoms with E-state index in [0.717, 1.165) is 19.6 Å². The van der Waals surface area contributed by atoms with Crippen molar-refractivity contribution >= 4 is 0 Å². The molecule has 2 rings (SSSR count). The van der Waals surface area contributed by atoms with Gasteiger partial charge in [-0.3, -0.25) is 4.90 Å². The molecule has 0 amide bonds. The minimum Gasteiger partial charge on any atom is -0.359 e. The lowest BCUT2D eigenvalue weighted by Gasteiger charge is -2.35. The van der Waals surface area contributed by atoms with Gasteiger partial charge in [0.2, 0.25) is 0 Å². The summed E-state index contributed by atoms with van der Waals surface area (Å²) in [7, 11) is 2.16. The monoisotopic (exact) mass is 153 g/mol. The molecule has 0 radical (unpaired) electrons. The fourth-order valence-electron chi connectivity index (χ4n) is 1.96. The van der Waals surface area contributed by atoms with Crippen LogP contribution in [-0.2, 0) is 4.74 Å². The van der Waals surface area contributed by atoms with Crippen molar-refractivity contribution in [1.82, 2.24) is 4.90 Å². The summed E-state index contributed by atoms with van der Waals surface area (Å²) >= 11 is 0. The minimum atomic E-state index is 0.0781. The summed E-state index contributed by atoms with van der Waals surface area (Å²) < 4.78 is 5.77. The zero-order valence-corrected chi connectivity index (χ0v) is 7.05. The van der Waals surface area contributed by atoms with Gasteiger partial charge in [-0.15, -0.1) is 0 Å². The summed E-state index contributed by atoms with van der Waals surface area (Å²) in [5.74, 6) is 0. The molecular weight excluding hydrogens is 138 g/mol. The molecule has 1 fully saturated rings. The first-order valence-electron chi connectivity index (χ1n) is 4.34. The molecular formula is C9H15NO. The summed E-state index contributed by atoms with van der Waals surface area (Å²) in [5, 5.41) is 0. The number of allylic oxidation sites excluding steroid dienone is 1. The predicted octanol–water partition coefficient (Wildman–Crippen LogP) is 1.38. The van der Waals surface area contributed by atoms with Crippen LogP contribution in [0.1, 0.15) is 19.3 Å². The highest BCUT2D eigenvalue weighted by molar-refractivity contribution is 5.00. The van der Waals surface area contributed by atoms with Gasteiger partial charge in [-0.25, -0.2) is 0 Å². The van der Waals surface area contributed by atoms with E-state index in [9.17, 15) is 0 Å². The van der Waals surface area contributed by atoms with Crippen molar-refractivity contribution in [3.05, 3.63) is 12.2 Å². The van der Waals surface area contributed by atoms with Crippen LogP contribution in [0.15, 0.2) is 12.2 Å². The molecule has 0 bridgehead atoms. The SMILES string of the molecule is CN1CCOC12CC=CCC2. The standard InChI is InChI=1S/C9H15NO/c1-10-7-8-11-9(10)5-3-2-4-6-9/h2-3H,4-8H2,1H3. The van der Waals surface area contributed by atoms with Crippen LogP contribution in [0.4, 0.5) is 0 Å². The molecule has 62 valence electrons. The number of hydrogen-bond donors (Lipinski definition) is 0. The van der Waals surface area contributed by atoms with E-state index in [-0.39, 0.29) is 5.72 Å². The Hall–Kier alpha value is -0.340. The summed E-state index contributed by atoms with van der Waals surface area (Å²) in [5.41, 5.74) is 0.0781. The van der Waals surface area contributed by atoms with Crippen LogP contribution in [0.5, 0.6) is 0 Å². The molecule has 1 saturated heterocycles. The van der Waals surface area contributed by atoms with E-state index in [1.807, 2.05) is 0 Å². The number of hydrogen-bond acceptors (Lipinski definition) is 2. The largest absolute Gasteiger partial charge is 0.359 e. The molecule has 1 aliphatic heterocycles. The smallest absolute Gasteiger partial charge is 0.125 e. The van der Waals surface area contributed by atoms with Gasteiger partial charge in [0.05, 0.1) is 6.61 Å². The van der Waals surface area contributed by atoms with E-state index in [0.29, 0.717) is 0 Å². The van der Waals surface area contributed by atoms with Gasteiger partial charge in [-0.1, -0.05) is 12.2 Å².